The van der Waals surface area contributed by atoms with Gasteiger partial charge in [-0.25, -0.2) is 0 Å². The monoisotopic (exact) mass is 817 g/mol. The molecule has 0 aliphatic heterocycles. The third kappa shape index (κ3) is 45.0. The van der Waals surface area contributed by atoms with Gasteiger partial charge in [0.2, 0.25) is 0 Å². The number of carbonyl (C=O) groups is 3. The van der Waals surface area contributed by atoms with Crippen LogP contribution in [-0.4, -0.2) is 37.2 Å². The highest BCUT2D eigenvalue weighted by molar-refractivity contribution is 5.71. The first kappa shape index (κ1) is 55.1. The van der Waals surface area contributed by atoms with Crippen LogP contribution in [0.25, 0.3) is 0 Å². The summed E-state index contributed by atoms with van der Waals surface area (Å²) in [6.45, 7) is 6.25. The Labute approximate surface area is 361 Å². The maximum atomic E-state index is 12.7. The lowest BCUT2D eigenvalue weighted by molar-refractivity contribution is -0.167. The van der Waals surface area contributed by atoms with Gasteiger partial charge in [-0.2, -0.15) is 0 Å². The molecule has 332 valence electrons. The number of ether oxygens (including phenoxy) is 3. The number of carbonyl (C=O) groups excluding carboxylic acids is 3. The molecule has 59 heavy (non-hydrogen) atoms. The quantitative estimate of drug-likeness (QED) is 0.0201. The van der Waals surface area contributed by atoms with E-state index in [0.29, 0.717) is 19.3 Å². The second kappa shape index (κ2) is 46.8. The Kier molecular flexibility index (Phi) is 43.6. The van der Waals surface area contributed by atoms with Crippen molar-refractivity contribution in [3.63, 3.8) is 0 Å². The summed E-state index contributed by atoms with van der Waals surface area (Å²) in [4.78, 5) is 37.7. The van der Waals surface area contributed by atoms with E-state index in [4.69, 9.17) is 14.2 Å². The molecule has 0 aliphatic rings. The minimum Gasteiger partial charge on any atom is -0.462 e. The van der Waals surface area contributed by atoms with Crippen LogP contribution in [0.3, 0.4) is 0 Å². The molecule has 0 amide bonds. The smallest absolute Gasteiger partial charge is 0.306 e. The summed E-state index contributed by atoms with van der Waals surface area (Å²) in [5, 5.41) is 0. The van der Waals surface area contributed by atoms with Gasteiger partial charge in [0.1, 0.15) is 13.2 Å². The Morgan fingerprint density at radius 2 is 0.729 bits per heavy atom. The summed E-state index contributed by atoms with van der Waals surface area (Å²) in [5.74, 6) is -1.04. The molecule has 6 heteroatoms. The van der Waals surface area contributed by atoms with Gasteiger partial charge in [-0.05, 0) is 109 Å². The van der Waals surface area contributed by atoms with E-state index in [-0.39, 0.29) is 37.5 Å². The van der Waals surface area contributed by atoms with Crippen molar-refractivity contribution in [1.82, 2.24) is 0 Å². The third-order valence-corrected chi connectivity index (χ3v) is 9.27. The van der Waals surface area contributed by atoms with E-state index in [1.807, 2.05) is 0 Å². The average molecular weight is 817 g/mol. The minimum absolute atomic E-state index is 0.120. The lowest BCUT2D eigenvalue weighted by atomic mass is 10.1. The van der Waals surface area contributed by atoms with Gasteiger partial charge in [-0.15, -0.1) is 0 Å². The number of rotatable bonds is 40. The van der Waals surface area contributed by atoms with Crippen LogP contribution >= 0.6 is 0 Å². The summed E-state index contributed by atoms with van der Waals surface area (Å²) >= 11 is 0. The molecule has 0 aliphatic carbocycles. The molecule has 0 radical (unpaired) electrons. The van der Waals surface area contributed by atoms with Crippen LogP contribution in [0.5, 0.6) is 0 Å². The fourth-order valence-corrected chi connectivity index (χ4v) is 5.80. The fraction of sp³-hybridized carbons (Fsp3) is 0.604. The lowest BCUT2D eigenvalue weighted by Crippen LogP contribution is -2.30. The van der Waals surface area contributed by atoms with Crippen LogP contribution in [0.4, 0.5) is 0 Å². The fourth-order valence-electron chi connectivity index (χ4n) is 5.80. The van der Waals surface area contributed by atoms with Crippen LogP contribution in [0.2, 0.25) is 0 Å². The Morgan fingerprint density at radius 1 is 0.373 bits per heavy atom. The summed E-state index contributed by atoms with van der Waals surface area (Å²) in [6.07, 6.45) is 62.3. The number of allylic oxidation sites excluding steroid dienone is 18. The molecular weight excluding hydrogens is 733 g/mol. The van der Waals surface area contributed by atoms with E-state index in [1.54, 1.807) is 0 Å². The van der Waals surface area contributed by atoms with E-state index in [0.717, 1.165) is 109 Å². The third-order valence-electron chi connectivity index (χ3n) is 9.27. The molecule has 0 bridgehead atoms. The number of hydrogen-bond donors (Lipinski definition) is 0. The lowest BCUT2D eigenvalue weighted by Gasteiger charge is -2.18. The highest BCUT2D eigenvalue weighted by atomic mass is 16.6. The first-order chi connectivity index (χ1) is 29.0. The molecule has 0 N–H and O–H groups in total. The molecule has 0 aromatic heterocycles. The molecule has 0 aromatic carbocycles. The van der Waals surface area contributed by atoms with Crippen molar-refractivity contribution in [1.29, 1.82) is 0 Å². The Hall–Kier alpha value is -3.93. The van der Waals surface area contributed by atoms with Crippen LogP contribution in [-0.2, 0) is 28.6 Å². The average Bonchev–Trinajstić information content (AvgIpc) is 3.23. The number of esters is 3. The molecule has 1 unspecified atom stereocenters. The molecule has 0 spiro atoms. The molecular formula is C53H84O6. The van der Waals surface area contributed by atoms with E-state index in [1.165, 1.54) is 32.1 Å². The zero-order chi connectivity index (χ0) is 43.0. The molecule has 0 rings (SSSR count). The molecule has 0 saturated heterocycles. The van der Waals surface area contributed by atoms with Gasteiger partial charge in [0.25, 0.3) is 0 Å². The van der Waals surface area contributed by atoms with Crippen LogP contribution in [0.1, 0.15) is 188 Å². The molecule has 6 nitrogen and oxygen atoms in total. The predicted octanol–water partition coefficient (Wildman–Crippen LogP) is 15.2. The van der Waals surface area contributed by atoms with Gasteiger partial charge < -0.3 is 14.2 Å². The number of unbranched alkanes of at least 4 members (excludes halogenated alkanes) is 12. The summed E-state index contributed by atoms with van der Waals surface area (Å²) < 4.78 is 16.6. The van der Waals surface area contributed by atoms with Gasteiger partial charge in [-0.3, -0.25) is 14.4 Å². The Morgan fingerprint density at radius 3 is 1.24 bits per heavy atom. The van der Waals surface area contributed by atoms with E-state index in [9.17, 15) is 14.4 Å². The Balaban J connectivity index is 4.51. The zero-order valence-corrected chi connectivity index (χ0v) is 37.7. The summed E-state index contributed by atoms with van der Waals surface area (Å²) in [5.41, 5.74) is 0. The first-order valence-electron chi connectivity index (χ1n) is 23.4. The van der Waals surface area contributed by atoms with Gasteiger partial charge in [-0.1, -0.05) is 169 Å². The van der Waals surface area contributed by atoms with E-state index in [2.05, 4.69) is 130 Å². The number of hydrogen-bond acceptors (Lipinski definition) is 6. The van der Waals surface area contributed by atoms with E-state index >= 15 is 0 Å². The van der Waals surface area contributed by atoms with Crippen LogP contribution in [0.15, 0.2) is 109 Å². The predicted molar refractivity (Wildman–Crippen MR) is 251 cm³/mol. The first-order valence-corrected chi connectivity index (χ1v) is 23.4. The second-order valence-electron chi connectivity index (χ2n) is 14.9. The topological polar surface area (TPSA) is 78.9 Å². The van der Waals surface area contributed by atoms with Crippen molar-refractivity contribution in [2.45, 2.75) is 194 Å². The second-order valence-corrected chi connectivity index (χ2v) is 14.9. The molecule has 1 atom stereocenters. The van der Waals surface area contributed by atoms with Gasteiger partial charge in [0.15, 0.2) is 6.10 Å². The van der Waals surface area contributed by atoms with Crippen molar-refractivity contribution in [2.24, 2.45) is 0 Å². The summed E-state index contributed by atoms with van der Waals surface area (Å²) in [6, 6.07) is 0. The highest BCUT2D eigenvalue weighted by Gasteiger charge is 2.19. The normalized spacial score (nSPS) is 13.1. The standard InChI is InChI=1S/C53H84O6/c1-4-7-10-13-16-19-21-23-25-26-28-29-31-34-37-40-43-46-52(55)58-49-50(48-57-51(54)45-42-39-36-33-18-15-12-9-6-3)59-53(56)47-44-41-38-35-32-30-27-24-22-20-17-14-11-8-5-2/h7,9-10,12,16-20,22-25,28-29,33-34,37,50H,4-6,8,11,13-15,21,26-27,30-32,35-36,38-49H2,1-3H3/b10-7-,12-9-,19-16-,20-17-,24-22-,25-23-,29-28-,33-18-,37-34-. The van der Waals surface area contributed by atoms with Crippen LogP contribution < -0.4 is 0 Å². The minimum atomic E-state index is -0.820. The largest absolute Gasteiger partial charge is 0.462 e. The van der Waals surface area contributed by atoms with Crippen molar-refractivity contribution in [2.75, 3.05) is 13.2 Å². The highest BCUT2D eigenvalue weighted by Crippen LogP contribution is 2.12. The molecule has 0 saturated carbocycles. The SMILES string of the molecule is CC/C=C\C/C=C\C/C=C\C/C=C\C/C=C\CCCC(=O)OCC(COC(=O)CCCC/C=C\C/C=C\CC)OC(=O)CCCCCCCC/C=C\C=C/CCCCC. The van der Waals surface area contributed by atoms with Gasteiger partial charge in [0.05, 0.1) is 0 Å². The summed E-state index contributed by atoms with van der Waals surface area (Å²) in [7, 11) is 0. The van der Waals surface area contributed by atoms with Crippen molar-refractivity contribution >= 4 is 17.9 Å². The van der Waals surface area contributed by atoms with E-state index < -0.39 is 6.10 Å². The molecule has 0 aromatic rings. The van der Waals surface area contributed by atoms with Gasteiger partial charge >= 0.3 is 17.9 Å². The maximum absolute atomic E-state index is 12.7. The Bertz CT molecular complexity index is 1260. The maximum Gasteiger partial charge on any atom is 0.306 e. The zero-order valence-electron chi connectivity index (χ0n) is 37.7. The molecule has 0 fully saturated rings. The van der Waals surface area contributed by atoms with Crippen molar-refractivity contribution < 1.29 is 28.6 Å². The van der Waals surface area contributed by atoms with Gasteiger partial charge in [0, 0.05) is 19.3 Å². The van der Waals surface area contributed by atoms with Crippen LogP contribution in [0, 0.1) is 0 Å². The van der Waals surface area contributed by atoms with Crippen molar-refractivity contribution in [3.8, 4) is 0 Å². The van der Waals surface area contributed by atoms with Crippen molar-refractivity contribution in [3.05, 3.63) is 109 Å². The molecule has 0 heterocycles.